The molecule has 0 spiro atoms. The lowest BCUT2D eigenvalue weighted by atomic mass is 10.3. The summed E-state index contributed by atoms with van der Waals surface area (Å²) in [5.74, 6) is -0.360. The van der Waals surface area contributed by atoms with Crippen molar-refractivity contribution in [3.05, 3.63) is 58.3 Å². The molecule has 0 aromatic carbocycles. The second kappa shape index (κ2) is 5.34. The Hall–Kier alpha value is -2.63. The Balaban J connectivity index is 2.05. The van der Waals surface area contributed by atoms with Crippen molar-refractivity contribution in [3.63, 3.8) is 0 Å². The number of carbonyl (C=O) groups excluding carboxylic acids is 1. The highest BCUT2D eigenvalue weighted by molar-refractivity contribution is 5.94. The summed E-state index contributed by atoms with van der Waals surface area (Å²) in [6.45, 7) is 0. The molecule has 98 valence electrons. The van der Waals surface area contributed by atoms with Crippen molar-refractivity contribution in [2.24, 2.45) is 19.2 Å². The van der Waals surface area contributed by atoms with Gasteiger partial charge in [0.2, 0.25) is 5.56 Å². The van der Waals surface area contributed by atoms with Gasteiger partial charge in [0.25, 0.3) is 5.91 Å². The van der Waals surface area contributed by atoms with Crippen LogP contribution in [0.4, 0.5) is 0 Å². The van der Waals surface area contributed by atoms with Crippen molar-refractivity contribution in [2.45, 2.75) is 0 Å². The molecule has 19 heavy (non-hydrogen) atoms. The van der Waals surface area contributed by atoms with E-state index in [1.807, 2.05) is 29.9 Å². The lowest BCUT2D eigenvalue weighted by molar-refractivity contribution is 0.0954. The van der Waals surface area contributed by atoms with E-state index < -0.39 is 0 Å². The molecule has 0 radical (unpaired) electrons. The maximum Gasteiger partial charge on any atom is 0.272 e. The zero-order valence-electron chi connectivity index (χ0n) is 10.7. The largest absolute Gasteiger partial charge is 0.350 e. The monoisotopic (exact) mass is 258 g/mol. The van der Waals surface area contributed by atoms with Gasteiger partial charge in [-0.05, 0) is 18.2 Å². The van der Waals surface area contributed by atoms with E-state index in [-0.39, 0.29) is 11.5 Å². The van der Waals surface area contributed by atoms with E-state index in [1.165, 1.54) is 22.9 Å². The van der Waals surface area contributed by atoms with Gasteiger partial charge in [0, 0.05) is 32.6 Å². The van der Waals surface area contributed by atoms with Crippen molar-refractivity contribution < 1.29 is 4.79 Å². The lowest BCUT2D eigenvalue weighted by Crippen LogP contribution is -2.22. The maximum atomic E-state index is 11.8. The SMILES string of the molecule is Cn1cccc1C=NNC(=O)c1ccc(=O)n(C)c1. The van der Waals surface area contributed by atoms with E-state index in [1.54, 1.807) is 13.3 Å². The third-order valence-corrected chi connectivity index (χ3v) is 2.69. The van der Waals surface area contributed by atoms with Gasteiger partial charge in [0.1, 0.15) is 0 Å². The molecule has 0 aliphatic rings. The minimum absolute atomic E-state index is 0.163. The highest BCUT2D eigenvalue weighted by atomic mass is 16.2. The number of hydrogen-bond donors (Lipinski definition) is 1. The first-order chi connectivity index (χ1) is 9.08. The Morgan fingerprint density at radius 1 is 1.26 bits per heavy atom. The minimum atomic E-state index is -0.360. The van der Waals surface area contributed by atoms with Crippen LogP contribution < -0.4 is 11.0 Å². The Morgan fingerprint density at radius 3 is 2.68 bits per heavy atom. The summed E-state index contributed by atoms with van der Waals surface area (Å²) in [7, 11) is 3.47. The van der Waals surface area contributed by atoms with E-state index in [0.717, 1.165) is 5.69 Å². The van der Waals surface area contributed by atoms with E-state index >= 15 is 0 Å². The number of amides is 1. The molecule has 0 fully saturated rings. The number of aromatic nitrogens is 2. The normalized spacial score (nSPS) is 10.8. The number of hydrogen-bond acceptors (Lipinski definition) is 3. The fraction of sp³-hybridized carbons (Fsp3) is 0.154. The van der Waals surface area contributed by atoms with Crippen LogP contribution in [0.15, 0.2) is 46.6 Å². The van der Waals surface area contributed by atoms with Crippen LogP contribution in [0.5, 0.6) is 0 Å². The highest BCUT2D eigenvalue weighted by Crippen LogP contribution is 1.96. The highest BCUT2D eigenvalue weighted by Gasteiger charge is 2.04. The van der Waals surface area contributed by atoms with Crippen LogP contribution in [0, 0.1) is 0 Å². The zero-order valence-corrected chi connectivity index (χ0v) is 10.7. The van der Waals surface area contributed by atoms with Gasteiger partial charge in [-0.1, -0.05) is 0 Å². The van der Waals surface area contributed by atoms with Gasteiger partial charge in [0.05, 0.1) is 17.5 Å². The molecule has 2 rings (SSSR count). The van der Waals surface area contributed by atoms with Crippen LogP contribution in [-0.2, 0) is 14.1 Å². The Bertz CT molecular complexity index is 682. The molecule has 0 bridgehead atoms. The first-order valence-corrected chi connectivity index (χ1v) is 5.69. The van der Waals surface area contributed by atoms with Gasteiger partial charge >= 0.3 is 0 Å². The number of rotatable bonds is 3. The molecule has 0 unspecified atom stereocenters. The number of carbonyl (C=O) groups is 1. The number of nitrogens with zero attached hydrogens (tertiary/aromatic N) is 3. The molecule has 0 saturated carbocycles. The summed E-state index contributed by atoms with van der Waals surface area (Å²) in [5.41, 5.74) is 3.51. The fourth-order valence-corrected chi connectivity index (χ4v) is 1.56. The first kappa shape index (κ1) is 12.8. The summed E-state index contributed by atoms with van der Waals surface area (Å²) >= 11 is 0. The Morgan fingerprint density at radius 2 is 2.05 bits per heavy atom. The average Bonchev–Trinajstić information content (AvgIpc) is 2.78. The summed E-state index contributed by atoms with van der Waals surface area (Å²) in [4.78, 5) is 23.0. The first-order valence-electron chi connectivity index (χ1n) is 5.69. The summed E-state index contributed by atoms with van der Waals surface area (Å²) in [5, 5.41) is 3.87. The van der Waals surface area contributed by atoms with E-state index in [2.05, 4.69) is 10.5 Å². The van der Waals surface area contributed by atoms with E-state index in [9.17, 15) is 9.59 Å². The summed E-state index contributed by atoms with van der Waals surface area (Å²) in [6, 6.07) is 6.57. The molecule has 0 saturated heterocycles. The summed E-state index contributed by atoms with van der Waals surface area (Å²) < 4.78 is 3.22. The number of nitrogens with one attached hydrogen (secondary N) is 1. The minimum Gasteiger partial charge on any atom is -0.350 e. The molecule has 0 aliphatic heterocycles. The molecule has 2 aromatic heterocycles. The van der Waals surface area contributed by atoms with Crippen LogP contribution in [0.25, 0.3) is 0 Å². The van der Waals surface area contributed by atoms with Crippen LogP contribution in [0.1, 0.15) is 16.1 Å². The Kier molecular flexibility index (Phi) is 3.61. The second-order valence-corrected chi connectivity index (χ2v) is 4.11. The van der Waals surface area contributed by atoms with Crippen LogP contribution >= 0.6 is 0 Å². The fourth-order valence-electron chi connectivity index (χ4n) is 1.56. The van der Waals surface area contributed by atoms with Crippen LogP contribution in [-0.4, -0.2) is 21.3 Å². The standard InChI is InChI=1S/C13H14N4O2/c1-16-7-3-4-11(16)8-14-15-13(19)10-5-6-12(18)17(2)9-10/h3-9H,1-2H3,(H,15,19). The predicted molar refractivity (Wildman–Crippen MR) is 72.2 cm³/mol. The average molecular weight is 258 g/mol. The van der Waals surface area contributed by atoms with Gasteiger partial charge in [-0.25, -0.2) is 5.43 Å². The van der Waals surface area contributed by atoms with Gasteiger partial charge in [-0.3, -0.25) is 9.59 Å². The van der Waals surface area contributed by atoms with Gasteiger partial charge < -0.3 is 9.13 Å². The molecule has 6 nitrogen and oxygen atoms in total. The second-order valence-electron chi connectivity index (χ2n) is 4.11. The molecular formula is C13H14N4O2. The maximum absolute atomic E-state index is 11.8. The van der Waals surface area contributed by atoms with Crippen molar-refractivity contribution in [1.29, 1.82) is 0 Å². The smallest absolute Gasteiger partial charge is 0.272 e. The number of pyridine rings is 1. The number of hydrazone groups is 1. The molecule has 0 atom stereocenters. The van der Waals surface area contributed by atoms with Gasteiger partial charge in [-0.15, -0.1) is 0 Å². The quantitative estimate of drug-likeness (QED) is 0.643. The van der Waals surface area contributed by atoms with Crippen molar-refractivity contribution in [1.82, 2.24) is 14.6 Å². The van der Waals surface area contributed by atoms with E-state index in [0.29, 0.717) is 5.56 Å². The van der Waals surface area contributed by atoms with Gasteiger partial charge in [-0.2, -0.15) is 5.10 Å². The Labute approximate surface area is 110 Å². The van der Waals surface area contributed by atoms with Gasteiger partial charge in [0.15, 0.2) is 0 Å². The molecule has 2 aromatic rings. The molecular weight excluding hydrogens is 244 g/mol. The third kappa shape index (κ3) is 2.98. The third-order valence-electron chi connectivity index (χ3n) is 2.69. The molecule has 6 heteroatoms. The van der Waals surface area contributed by atoms with E-state index in [4.69, 9.17) is 0 Å². The topological polar surface area (TPSA) is 68.4 Å². The van der Waals surface area contributed by atoms with Crippen LogP contribution in [0.3, 0.4) is 0 Å². The van der Waals surface area contributed by atoms with Crippen molar-refractivity contribution in [3.8, 4) is 0 Å². The molecule has 1 N–H and O–H groups in total. The molecule has 2 heterocycles. The van der Waals surface area contributed by atoms with Crippen LogP contribution in [0.2, 0.25) is 0 Å². The zero-order chi connectivity index (χ0) is 13.8. The molecule has 1 amide bonds. The van der Waals surface area contributed by atoms with Crippen molar-refractivity contribution >= 4 is 12.1 Å². The summed E-state index contributed by atoms with van der Waals surface area (Å²) in [6.07, 6.45) is 4.91. The van der Waals surface area contributed by atoms with Crippen molar-refractivity contribution in [2.75, 3.05) is 0 Å². The predicted octanol–water partition coefficient (Wildman–Crippen LogP) is 0.488. The number of aryl methyl sites for hydroxylation is 2. The molecule has 0 aliphatic carbocycles. The lowest BCUT2D eigenvalue weighted by Gasteiger charge is -2.02.